The van der Waals surface area contributed by atoms with Crippen molar-refractivity contribution >= 4 is 28.9 Å². The van der Waals surface area contributed by atoms with E-state index >= 15 is 0 Å². The number of rotatable bonds is 4. The minimum atomic E-state index is 0.566. The summed E-state index contributed by atoms with van der Waals surface area (Å²) < 4.78 is 5.27. The van der Waals surface area contributed by atoms with Gasteiger partial charge in [0.15, 0.2) is 0 Å². The summed E-state index contributed by atoms with van der Waals surface area (Å²) in [5.41, 5.74) is 2.02. The van der Waals surface area contributed by atoms with E-state index in [0.717, 1.165) is 17.0 Å². The molecule has 0 aliphatic heterocycles. The molecule has 2 nitrogen and oxygen atoms in total. The number of ether oxygens (including phenoxy) is 1. The van der Waals surface area contributed by atoms with Crippen molar-refractivity contribution in [3.8, 4) is 5.75 Å². The molecule has 0 bridgehead atoms. The molecule has 0 radical (unpaired) electrons. The number of halogens is 2. The van der Waals surface area contributed by atoms with Gasteiger partial charge in [-0.3, -0.25) is 0 Å². The minimum Gasteiger partial charge on any atom is -0.495 e. The minimum absolute atomic E-state index is 0.566. The fourth-order valence-electron chi connectivity index (χ4n) is 1.64. The van der Waals surface area contributed by atoms with Crippen molar-refractivity contribution in [2.45, 2.75) is 6.54 Å². The summed E-state index contributed by atoms with van der Waals surface area (Å²) in [4.78, 5) is 0. The Balaban J connectivity index is 2.09. The predicted octanol–water partition coefficient (Wildman–Crippen LogP) is 4.61. The second-order valence-corrected chi connectivity index (χ2v) is 4.62. The fourth-order valence-corrected chi connectivity index (χ4v) is 1.96. The van der Waals surface area contributed by atoms with E-state index in [9.17, 15) is 0 Å². The van der Waals surface area contributed by atoms with Gasteiger partial charge in [-0.05, 0) is 29.8 Å². The Kier molecular flexibility index (Phi) is 4.34. The summed E-state index contributed by atoms with van der Waals surface area (Å²) in [7, 11) is 1.65. The summed E-state index contributed by atoms with van der Waals surface area (Å²) in [5, 5.41) is 4.43. The Morgan fingerprint density at radius 3 is 2.56 bits per heavy atom. The molecule has 0 spiro atoms. The van der Waals surface area contributed by atoms with E-state index in [0.29, 0.717) is 16.6 Å². The van der Waals surface area contributed by atoms with E-state index in [-0.39, 0.29) is 0 Å². The number of methoxy groups -OCH3 is 1. The number of hydrogen-bond acceptors (Lipinski definition) is 2. The Bertz CT molecular complexity index is 543. The maximum Gasteiger partial charge on any atom is 0.141 e. The van der Waals surface area contributed by atoms with Crippen LogP contribution in [0.2, 0.25) is 10.0 Å². The van der Waals surface area contributed by atoms with Crippen LogP contribution < -0.4 is 10.1 Å². The van der Waals surface area contributed by atoms with Gasteiger partial charge in [0.05, 0.1) is 22.8 Å². The third-order valence-corrected chi connectivity index (χ3v) is 3.31. The Hall–Kier alpha value is -1.38. The molecule has 0 atom stereocenters. The SMILES string of the molecule is COc1ccccc1NCc1ccc(Cl)c(Cl)c1. The third kappa shape index (κ3) is 3.09. The molecule has 1 N–H and O–H groups in total. The van der Waals surface area contributed by atoms with Gasteiger partial charge in [-0.25, -0.2) is 0 Å². The molecule has 18 heavy (non-hydrogen) atoms. The van der Waals surface area contributed by atoms with Crippen molar-refractivity contribution in [1.82, 2.24) is 0 Å². The first-order valence-electron chi connectivity index (χ1n) is 5.51. The van der Waals surface area contributed by atoms with E-state index in [1.54, 1.807) is 13.2 Å². The van der Waals surface area contributed by atoms with Crippen molar-refractivity contribution < 1.29 is 4.74 Å². The summed E-state index contributed by atoms with van der Waals surface area (Å²) in [6, 6.07) is 13.4. The van der Waals surface area contributed by atoms with Gasteiger partial charge < -0.3 is 10.1 Å². The van der Waals surface area contributed by atoms with E-state index in [2.05, 4.69) is 5.32 Å². The lowest BCUT2D eigenvalue weighted by Crippen LogP contribution is -2.01. The number of para-hydroxylation sites is 2. The molecule has 2 aromatic rings. The van der Waals surface area contributed by atoms with Crippen LogP contribution in [0.5, 0.6) is 5.75 Å². The number of nitrogens with one attached hydrogen (secondary N) is 1. The lowest BCUT2D eigenvalue weighted by Gasteiger charge is -2.11. The molecular formula is C14H13Cl2NO. The Morgan fingerprint density at radius 2 is 1.83 bits per heavy atom. The second kappa shape index (κ2) is 5.98. The first-order chi connectivity index (χ1) is 8.70. The van der Waals surface area contributed by atoms with Gasteiger partial charge in [0.2, 0.25) is 0 Å². The van der Waals surface area contributed by atoms with Gasteiger partial charge in [-0.2, -0.15) is 0 Å². The highest BCUT2D eigenvalue weighted by atomic mass is 35.5. The molecule has 94 valence electrons. The molecule has 4 heteroatoms. The maximum absolute atomic E-state index is 5.97. The Morgan fingerprint density at radius 1 is 1.06 bits per heavy atom. The molecule has 0 fully saturated rings. The van der Waals surface area contributed by atoms with Crippen molar-refractivity contribution in [2.75, 3.05) is 12.4 Å². The van der Waals surface area contributed by atoms with Crippen molar-refractivity contribution in [2.24, 2.45) is 0 Å². The molecule has 2 rings (SSSR count). The maximum atomic E-state index is 5.97. The molecule has 0 unspecified atom stereocenters. The average Bonchev–Trinajstić information content (AvgIpc) is 2.40. The van der Waals surface area contributed by atoms with Crippen LogP contribution in [0, 0.1) is 0 Å². The van der Waals surface area contributed by atoms with E-state index in [1.807, 2.05) is 36.4 Å². The van der Waals surface area contributed by atoms with Gasteiger partial charge in [0.1, 0.15) is 5.75 Å². The smallest absolute Gasteiger partial charge is 0.141 e. The van der Waals surface area contributed by atoms with Crippen LogP contribution in [0.4, 0.5) is 5.69 Å². The Labute approximate surface area is 116 Å². The molecule has 0 aromatic heterocycles. The van der Waals surface area contributed by atoms with Crippen LogP contribution in [0.3, 0.4) is 0 Å². The van der Waals surface area contributed by atoms with Crippen LogP contribution in [-0.2, 0) is 6.54 Å². The normalized spacial score (nSPS) is 10.2. The van der Waals surface area contributed by atoms with Gasteiger partial charge >= 0.3 is 0 Å². The standard InChI is InChI=1S/C14H13Cl2NO/c1-18-14-5-3-2-4-13(14)17-9-10-6-7-11(15)12(16)8-10/h2-8,17H,9H2,1H3. The van der Waals surface area contributed by atoms with Crippen LogP contribution >= 0.6 is 23.2 Å². The lowest BCUT2D eigenvalue weighted by molar-refractivity contribution is 0.416. The monoisotopic (exact) mass is 281 g/mol. The first-order valence-corrected chi connectivity index (χ1v) is 6.27. The summed E-state index contributed by atoms with van der Waals surface area (Å²) in [6.45, 7) is 0.664. The topological polar surface area (TPSA) is 21.3 Å². The van der Waals surface area contributed by atoms with Gasteiger partial charge in [-0.1, -0.05) is 41.4 Å². The molecule has 0 aliphatic carbocycles. The zero-order valence-electron chi connectivity index (χ0n) is 9.91. The molecule has 0 aliphatic rings. The molecular weight excluding hydrogens is 269 g/mol. The summed E-state index contributed by atoms with van der Waals surface area (Å²) in [5.74, 6) is 0.817. The number of hydrogen-bond donors (Lipinski definition) is 1. The highest BCUT2D eigenvalue weighted by molar-refractivity contribution is 6.42. The van der Waals surface area contributed by atoms with Crippen molar-refractivity contribution in [1.29, 1.82) is 0 Å². The highest BCUT2D eigenvalue weighted by Gasteiger charge is 2.02. The molecule has 0 heterocycles. The predicted molar refractivity (Wildman–Crippen MR) is 76.8 cm³/mol. The fraction of sp³-hybridized carbons (Fsp3) is 0.143. The number of benzene rings is 2. The van der Waals surface area contributed by atoms with E-state index in [1.165, 1.54) is 0 Å². The zero-order valence-corrected chi connectivity index (χ0v) is 11.4. The first kappa shape index (κ1) is 13.1. The highest BCUT2D eigenvalue weighted by Crippen LogP contribution is 2.25. The van der Waals surface area contributed by atoms with Crippen molar-refractivity contribution in [3.05, 3.63) is 58.1 Å². The quantitative estimate of drug-likeness (QED) is 0.883. The summed E-state index contributed by atoms with van der Waals surface area (Å²) >= 11 is 11.8. The molecule has 2 aromatic carbocycles. The van der Waals surface area contributed by atoms with Crippen LogP contribution in [-0.4, -0.2) is 7.11 Å². The third-order valence-electron chi connectivity index (χ3n) is 2.57. The van der Waals surface area contributed by atoms with E-state index < -0.39 is 0 Å². The molecule has 0 saturated carbocycles. The molecule has 0 saturated heterocycles. The number of anilines is 1. The largest absolute Gasteiger partial charge is 0.495 e. The summed E-state index contributed by atoms with van der Waals surface area (Å²) in [6.07, 6.45) is 0. The van der Waals surface area contributed by atoms with Gasteiger partial charge in [-0.15, -0.1) is 0 Å². The van der Waals surface area contributed by atoms with Crippen LogP contribution in [0.15, 0.2) is 42.5 Å². The van der Waals surface area contributed by atoms with Gasteiger partial charge in [0, 0.05) is 6.54 Å². The van der Waals surface area contributed by atoms with Gasteiger partial charge in [0.25, 0.3) is 0 Å². The van der Waals surface area contributed by atoms with Crippen LogP contribution in [0.25, 0.3) is 0 Å². The average molecular weight is 282 g/mol. The zero-order chi connectivity index (χ0) is 13.0. The van der Waals surface area contributed by atoms with Crippen molar-refractivity contribution in [3.63, 3.8) is 0 Å². The van der Waals surface area contributed by atoms with Crippen LogP contribution in [0.1, 0.15) is 5.56 Å². The second-order valence-electron chi connectivity index (χ2n) is 3.80. The molecule has 0 amide bonds. The van der Waals surface area contributed by atoms with E-state index in [4.69, 9.17) is 27.9 Å². The lowest BCUT2D eigenvalue weighted by atomic mass is 10.2.